The van der Waals surface area contributed by atoms with Crippen molar-refractivity contribution in [3.8, 4) is 0 Å². The van der Waals surface area contributed by atoms with Crippen molar-refractivity contribution in [1.82, 2.24) is 5.06 Å². The van der Waals surface area contributed by atoms with Crippen molar-refractivity contribution in [3.63, 3.8) is 0 Å². The Morgan fingerprint density at radius 2 is 1.64 bits per heavy atom. The maximum atomic E-state index is 13.0. The molecule has 1 heterocycles. The summed E-state index contributed by atoms with van der Waals surface area (Å²) < 4.78 is 19.5. The van der Waals surface area contributed by atoms with Gasteiger partial charge in [0.05, 0.1) is 19.3 Å². The molecule has 56 heavy (non-hydrogen) atoms. The van der Waals surface area contributed by atoms with Gasteiger partial charge in [0.2, 0.25) is 0 Å². The molecule has 0 spiro atoms. The van der Waals surface area contributed by atoms with Crippen LogP contribution < -0.4 is 0 Å². The van der Waals surface area contributed by atoms with Crippen molar-refractivity contribution in [2.75, 3.05) is 13.7 Å². The second-order valence-corrected chi connectivity index (χ2v) is 31.1. The zero-order valence-electron chi connectivity index (χ0n) is 38.0. The molecule has 0 N–H and O–H groups in total. The fourth-order valence-corrected chi connectivity index (χ4v) is 12.8. The number of fused-ring (bicyclic) bond motifs is 1. The summed E-state index contributed by atoms with van der Waals surface area (Å²) in [5, 5.41) is 2.40. The number of allylic oxidation sites excluding steroid dienone is 3. The fourth-order valence-electron chi connectivity index (χ4n) is 10.1. The van der Waals surface area contributed by atoms with Crippen LogP contribution in [0.2, 0.25) is 36.3 Å². The maximum Gasteiger partial charge on any atom is 0.340 e. The first-order chi connectivity index (χ1) is 25.9. The second-order valence-electron chi connectivity index (χ2n) is 21.6. The van der Waals surface area contributed by atoms with Crippen molar-refractivity contribution in [2.45, 2.75) is 187 Å². The largest absolute Gasteiger partial charge is 0.467 e. The van der Waals surface area contributed by atoms with E-state index in [2.05, 4.69) is 129 Å². The van der Waals surface area contributed by atoms with Gasteiger partial charge in [-0.15, -0.1) is 0 Å². The van der Waals surface area contributed by atoms with Crippen LogP contribution in [0.4, 0.5) is 0 Å². The van der Waals surface area contributed by atoms with Crippen LogP contribution >= 0.6 is 0 Å². The number of nitrogens with zero attached hydrogens (tertiary/aromatic N) is 1. The average Bonchev–Trinajstić information content (AvgIpc) is 3.63. The molecule has 4 fully saturated rings. The SMILES string of the molecule is C=C1C(=CC=C2CCC[C@]3(C)[C@@H]([C@H](C)CC4CC(C)(C(=O)OC)ON4CCc4ccccc4)CC[C@@H]23)C[C@@H](O[Si](C)(C)C(C)(C)C)C[C@@H]1O[Si](C)(C)C(C)(C)C. The highest BCUT2D eigenvalue weighted by Gasteiger charge is 2.53. The Kier molecular flexibility index (Phi) is 13.8. The van der Waals surface area contributed by atoms with Crippen molar-refractivity contribution >= 4 is 22.6 Å². The van der Waals surface area contributed by atoms with Gasteiger partial charge in [0, 0.05) is 25.4 Å². The van der Waals surface area contributed by atoms with E-state index >= 15 is 0 Å². The van der Waals surface area contributed by atoms with Crippen LogP contribution in [-0.4, -0.2) is 65.2 Å². The molecular formula is C48H79NO5Si2. The lowest BCUT2D eigenvalue weighted by Crippen LogP contribution is -2.49. The zero-order chi connectivity index (χ0) is 41.5. The minimum absolute atomic E-state index is 0.00902. The second kappa shape index (κ2) is 17.0. The predicted octanol–water partition coefficient (Wildman–Crippen LogP) is 12.4. The maximum absolute atomic E-state index is 13.0. The van der Waals surface area contributed by atoms with E-state index in [9.17, 15) is 4.79 Å². The first-order valence-corrected chi connectivity index (χ1v) is 27.7. The molecule has 1 aromatic carbocycles. The van der Waals surface area contributed by atoms with E-state index < -0.39 is 22.2 Å². The average molecular weight is 806 g/mol. The van der Waals surface area contributed by atoms with Crippen LogP contribution in [0.5, 0.6) is 0 Å². The highest BCUT2D eigenvalue weighted by atomic mass is 28.4. The molecule has 4 aliphatic rings. The van der Waals surface area contributed by atoms with E-state index in [0.29, 0.717) is 24.2 Å². The van der Waals surface area contributed by atoms with Crippen molar-refractivity contribution < 1.29 is 23.2 Å². The lowest BCUT2D eigenvalue weighted by Gasteiger charge is -2.46. The number of esters is 1. The Balaban J connectivity index is 1.35. The number of ether oxygens (including phenoxy) is 1. The summed E-state index contributed by atoms with van der Waals surface area (Å²) in [6, 6.07) is 10.7. The van der Waals surface area contributed by atoms with Gasteiger partial charge in [0.25, 0.3) is 0 Å². The van der Waals surface area contributed by atoms with E-state index in [0.717, 1.165) is 37.8 Å². The van der Waals surface area contributed by atoms with E-state index in [1.165, 1.54) is 50.4 Å². The zero-order valence-corrected chi connectivity index (χ0v) is 40.0. The van der Waals surface area contributed by atoms with Crippen LogP contribution in [0.25, 0.3) is 0 Å². The molecule has 0 aromatic heterocycles. The summed E-state index contributed by atoms with van der Waals surface area (Å²) in [6.45, 7) is 35.9. The summed E-state index contributed by atoms with van der Waals surface area (Å²) in [4.78, 5) is 19.4. The molecule has 8 heteroatoms. The molecule has 1 aliphatic heterocycles. The van der Waals surface area contributed by atoms with Gasteiger partial charge in [-0.2, -0.15) is 5.06 Å². The number of rotatable bonds is 12. The van der Waals surface area contributed by atoms with Crippen LogP contribution in [-0.2, 0) is 29.6 Å². The third-order valence-electron chi connectivity index (χ3n) is 15.5. The smallest absolute Gasteiger partial charge is 0.340 e. The molecule has 1 saturated heterocycles. The van der Waals surface area contributed by atoms with Crippen LogP contribution in [0.1, 0.15) is 126 Å². The standard InChI is InChI=1S/C48H79NO5Si2/c1-34(30-39-33-48(10,44(50)51-11)54-49(39)29-27-36-20-17-16-18-21-36)41-25-26-42-37(22-19-28-47(41,42)9)23-24-38-31-40(52-55(12,13)45(3,4)5)32-43(35(38)2)53-56(14,15)46(6,7)8/h16-18,20-21,23-24,34,39-43H,2,19,22,25-33H2,1,3-15H3/t34-,39?,40-,41-,42+,43+,47-,48?/m1/s1. The lowest BCUT2D eigenvalue weighted by atomic mass is 9.60. The monoisotopic (exact) mass is 806 g/mol. The van der Waals surface area contributed by atoms with Gasteiger partial charge in [-0.3, -0.25) is 4.84 Å². The molecule has 3 saturated carbocycles. The number of hydrogen-bond donors (Lipinski definition) is 0. The molecule has 314 valence electrons. The van der Waals surface area contributed by atoms with Crippen molar-refractivity contribution in [1.29, 1.82) is 0 Å². The molecule has 2 unspecified atom stereocenters. The number of carbonyl (C=O) groups excluding carboxylic acids is 1. The van der Waals surface area contributed by atoms with Gasteiger partial charge in [0.1, 0.15) is 0 Å². The number of hydroxylamine groups is 2. The Labute approximate surface area is 344 Å². The molecule has 0 bridgehead atoms. The van der Waals surface area contributed by atoms with E-state index in [1.54, 1.807) is 5.57 Å². The highest BCUT2D eigenvalue weighted by molar-refractivity contribution is 6.74. The number of carbonyl (C=O) groups is 1. The first-order valence-electron chi connectivity index (χ1n) is 21.9. The normalized spacial score (nSPS) is 32.9. The van der Waals surface area contributed by atoms with E-state index in [-0.39, 0.29) is 39.7 Å². The highest BCUT2D eigenvalue weighted by Crippen LogP contribution is 2.60. The third kappa shape index (κ3) is 9.79. The van der Waals surface area contributed by atoms with Crippen molar-refractivity contribution in [2.24, 2.45) is 23.2 Å². The Bertz CT molecular complexity index is 1600. The number of benzene rings is 1. The minimum Gasteiger partial charge on any atom is -0.467 e. The van der Waals surface area contributed by atoms with Crippen LogP contribution in [0.3, 0.4) is 0 Å². The first kappa shape index (κ1) is 45.3. The van der Waals surface area contributed by atoms with Gasteiger partial charge in [-0.05, 0) is 134 Å². The van der Waals surface area contributed by atoms with Crippen molar-refractivity contribution in [3.05, 3.63) is 71.3 Å². The lowest BCUT2D eigenvalue weighted by molar-refractivity contribution is -0.215. The van der Waals surface area contributed by atoms with Crippen LogP contribution in [0.15, 0.2) is 65.8 Å². The molecule has 0 radical (unpaired) electrons. The van der Waals surface area contributed by atoms with Gasteiger partial charge in [-0.1, -0.05) is 110 Å². The molecular weight excluding hydrogens is 727 g/mol. The summed E-state index contributed by atoms with van der Waals surface area (Å²) in [5.41, 5.74) is 4.69. The topological polar surface area (TPSA) is 57.2 Å². The molecule has 8 atom stereocenters. The molecule has 1 aromatic rings. The number of hydrogen-bond acceptors (Lipinski definition) is 6. The Morgan fingerprint density at radius 3 is 2.27 bits per heavy atom. The van der Waals surface area contributed by atoms with Gasteiger partial charge >= 0.3 is 5.97 Å². The summed E-state index contributed by atoms with van der Waals surface area (Å²) in [7, 11) is -2.53. The summed E-state index contributed by atoms with van der Waals surface area (Å²) in [6.07, 6.45) is 15.6. The summed E-state index contributed by atoms with van der Waals surface area (Å²) >= 11 is 0. The Morgan fingerprint density at radius 1 is 1.00 bits per heavy atom. The summed E-state index contributed by atoms with van der Waals surface area (Å²) in [5.74, 6) is 1.44. The van der Waals surface area contributed by atoms with E-state index in [4.69, 9.17) is 25.0 Å². The Hall–Kier alpha value is -1.82. The fraction of sp³-hybridized carbons (Fsp3) is 0.729. The third-order valence-corrected chi connectivity index (χ3v) is 24.6. The molecule has 0 amide bonds. The minimum atomic E-state index is -2.03. The molecule has 3 aliphatic carbocycles. The van der Waals surface area contributed by atoms with E-state index in [1.807, 2.05) is 6.92 Å². The van der Waals surface area contributed by atoms with Gasteiger partial charge in [0.15, 0.2) is 22.2 Å². The quantitative estimate of drug-likeness (QED) is 0.155. The van der Waals surface area contributed by atoms with Gasteiger partial charge < -0.3 is 13.6 Å². The molecule has 6 nitrogen and oxygen atoms in total. The predicted molar refractivity (Wildman–Crippen MR) is 237 cm³/mol. The van der Waals surface area contributed by atoms with Crippen LogP contribution in [0, 0.1) is 23.2 Å². The number of methoxy groups -OCH3 is 1. The van der Waals surface area contributed by atoms with Gasteiger partial charge in [-0.25, -0.2) is 4.79 Å². The molecule has 5 rings (SSSR count).